The van der Waals surface area contributed by atoms with E-state index in [4.69, 9.17) is 0 Å². The minimum Gasteiger partial charge on any atom is -0.384 e. The zero-order valence-corrected chi connectivity index (χ0v) is 11.8. The maximum atomic E-state index is 11.7. The number of amides is 1. The van der Waals surface area contributed by atoms with Crippen molar-refractivity contribution in [2.45, 2.75) is 13.3 Å². The van der Waals surface area contributed by atoms with Crippen LogP contribution in [0.4, 0.5) is 5.69 Å². The summed E-state index contributed by atoms with van der Waals surface area (Å²) in [7, 11) is 1.97. The summed E-state index contributed by atoms with van der Waals surface area (Å²) >= 11 is 0. The topological polar surface area (TPSA) is 71.8 Å². The lowest BCUT2D eigenvalue weighted by molar-refractivity contribution is 0.0951. The van der Waals surface area contributed by atoms with Gasteiger partial charge in [0.1, 0.15) is 11.5 Å². The minimum atomic E-state index is -0.153. The average Bonchev–Trinajstić information content (AvgIpc) is 2.85. The number of anilines is 1. The predicted octanol–water partition coefficient (Wildman–Crippen LogP) is 1.22. The molecule has 2 rings (SSSR count). The molecule has 0 radical (unpaired) electrons. The highest BCUT2D eigenvalue weighted by atomic mass is 16.1. The van der Waals surface area contributed by atoms with E-state index in [1.807, 2.05) is 30.8 Å². The smallest absolute Gasteiger partial charge is 0.269 e. The second-order valence-electron chi connectivity index (χ2n) is 4.42. The van der Waals surface area contributed by atoms with Gasteiger partial charge >= 0.3 is 0 Å². The Morgan fingerprint density at radius 1 is 1.35 bits per heavy atom. The summed E-state index contributed by atoms with van der Waals surface area (Å²) < 4.78 is 1.99. The molecule has 2 aromatic rings. The molecule has 0 saturated carbocycles. The van der Waals surface area contributed by atoms with Crippen LogP contribution in [0.15, 0.2) is 30.7 Å². The number of carbonyl (C=O) groups excluding carboxylic acids is 1. The number of carbonyl (C=O) groups is 1. The van der Waals surface area contributed by atoms with Gasteiger partial charge < -0.3 is 15.2 Å². The highest BCUT2D eigenvalue weighted by Gasteiger charge is 2.06. The number of imidazole rings is 1. The normalized spacial score (nSPS) is 10.3. The molecule has 0 spiro atoms. The Labute approximate surface area is 118 Å². The first-order valence-electron chi connectivity index (χ1n) is 6.65. The van der Waals surface area contributed by atoms with E-state index in [2.05, 4.69) is 20.6 Å². The van der Waals surface area contributed by atoms with Crippen LogP contribution >= 0.6 is 0 Å². The molecule has 1 amide bonds. The van der Waals surface area contributed by atoms with Crippen LogP contribution in [0, 0.1) is 0 Å². The number of nitrogens with zero attached hydrogens (tertiary/aromatic N) is 3. The molecule has 0 aliphatic rings. The Morgan fingerprint density at radius 2 is 2.20 bits per heavy atom. The molecule has 0 aliphatic heterocycles. The molecule has 0 unspecified atom stereocenters. The predicted molar refractivity (Wildman–Crippen MR) is 77.6 cm³/mol. The third-order valence-electron chi connectivity index (χ3n) is 2.93. The number of hydrogen-bond donors (Lipinski definition) is 2. The van der Waals surface area contributed by atoms with Gasteiger partial charge in [-0.05, 0) is 19.1 Å². The van der Waals surface area contributed by atoms with E-state index in [9.17, 15) is 4.79 Å². The van der Waals surface area contributed by atoms with E-state index in [0.717, 1.165) is 24.5 Å². The Bertz CT molecular complexity index is 578. The highest BCUT2D eigenvalue weighted by Crippen LogP contribution is 2.08. The molecule has 0 aliphatic carbocycles. The molecular weight excluding hydrogens is 254 g/mol. The van der Waals surface area contributed by atoms with Crippen molar-refractivity contribution >= 4 is 11.6 Å². The van der Waals surface area contributed by atoms with E-state index < -0.39 is 0 Å². The Balaban J connectivity index is 1.91. The second kappa shape index (κ2) is 6.70. The van der Waals surface area contributed by atoms with Crippen molar-refractivity contribution < 1.29 is 4.79 Å². The number of aromatic nitrogens is 3. The number of rotatable bonds is 6. The van der Waals surface area contributed by atoms with Crippen LogP contribution in [0.5, 0.6) is 0 Å². The van der Waals surface area contributed by atoms with Crippen molar-refractivity contribution in [1.82, 2.24) is 19.9 Å². The lowest BCUT2D eigenvalue weighted by Gasteiger charge is -2.08. The van der Waals surface area contributed by atoms with Crippen molar-refractivity contribution in [3.05, 3.63) is 42.2 Å². The van der Waals surface area contributed by atoms with Crippen LogP contribution in [-0.2, 0) is 13.5 Å². The van der Waals surface area contributed by atoms with E-state index in [0.29, 0.717) is 12.2 Å². The Morgan fingerprint density at radius 3 is 2.90 bits per heavy atom. The zero-order chi connectivity index (χ0) is 14.4. The van der Waals surface area contributed by atoms with Crippen molar-refractivity contribution in [1.29, 1.82) is 0 Å². The van der Waals surface area contributed by atoms with Crippen LogP contribution < -0.4 is 10.6 Å². The minimum absolute atomic E-state index is 0.153. The van der Waals surface area contributed by atoms with Gasteiger partial charge in [-0.25, -0.2) is 4.98 Å². The van der Waals surface area contributed by atoms with Crippen LogP contribution in [0.1, 0.15) is 23.2 Å². The summed E-state index contributed by atoms with van der Waals surface area (Å²) in [4.78, 5) is 20.0. The highest BCUT2D eigenvalue weighted by molar-refractivity contribution is 5.93. The summed E-state index contributed by atoms with van der Waals surface area (Å²) in [5.41, 5.74) is 1.31. The zero-order valence-electron chi connectivity index (χ0n) is 11.8. The van der Waals surface area contributed by atoms with Gasteiger partial charge in [-0.2, -0.15) is 0 Å². The third-order valence-corrected chi connectivity index (χ3v) is 2.93. The van der Waals surface area contributed by atoms with E-state index in [1.54, 1.807) is 18.5 Å². The number of pyridine rings is 1. The van der Waals surface area contributed by atoms with Crippen molar-refractivity contribution in [3.8, 4) is 0 Å². The molecule has 0 atom stereocenters. The molecule has 2 heterocycles. The number of hydrogen-bond acceptors (Lipinski definition) is 4. The molecular formula is C14H19N5O. The maximum Gasteiger partial charge on any atom is 0.269 e. The standard InChI is InChI=1S/C14H19N5O/c1-3-15-14(20)12-10-11(4-6-17-12)16-7-5-13-18-8-9-19(13)2/h4,6,8-10H,3,5,7H2,1-2H3,(H,15,20)(H,16,17). The summed E-state index contributed by atoms with van der Waals surface area (Å²) in [6, 6.07) is 3.60. The molecule has 0 bridgehead atoms. The van der Waals surface area contributed by atoms with Crippen molar-refractivity contribution in [2.24, 2.45) is 7.05 Å². The summed E-state index contributed by atoms with van der Waals surface area (Å²) in [5, 5.41) is 6.01. The van der Waals surface area contributed by atoms with Crippen molar-refractivity contribution in [3.63, 3.8) is 0 Å². The fourth-order valence-corrected chi connectivity index (χ4v) is 1.87. The molecule has 6 nitrogen and oxygen atoms in total. The van der Waals surface area contributed by atoms with Crippen LogP contribution in [0.3, 0.4) is 0 Å². The number of aryl methyl sites for hydroxylation is 1. The molecule has 6 heteroatoms. The van der Waals surface area contributed by atoms with E-state index in [-0.39, 0.29) is 5.91 Å². The van der Waals surface area contributed by atoms with Crippen LogP contribution in [0.2, 0.25) is 0 Å². The van der Waals surface area contributed by atoms with Gasteiger partial charge in [-0.1, -0.05) is 0 Å². The van der Waals surface area contributed by atoms with Crippen LogP contribution in [-0.4, -0.2) is 33.5 Å². The monoisotopic (exact) mass is 273 g/mol. The van der Waals surface area contributed by atoms with Gasteiger partial charge in [0.2, 0.25) is 0 Å². The SMILES string of the molecule is CCNC(=O)c1cc(NCCc2nccn2C)ccn1. The van der Waals surface area contributed by atoms with Gasteiger partial charge in [0.05, 0.1) is 0 Å². The first kappa shape index (κ1) is 14.0. The lowest BCUT2D eigenvalue weighted by atomic mass is 10.3. The van der Waals surface area contributed by atoms with Crippen molar-refractivity contribution in [2.75, 3.05) is 18.4 Å². The molecule has 0 saturated heterocycles. The molecule has 2 N–H and O–H groups in total. The fraction of sp³-hybridized carbons (Fsp3) is 0.357. The van der Waals surface area contributed by atoms with Gasteiger partial charge in [-0.15, -0.1) is 0 Å². The molecule has 106 valence electrons. The first-order chi connectivity index (χ1) is 9.70. The van der Waals surface area contributed by atoms with Crippen LogP contribution in [0.25, 0.3) is 0 Å². The van der Waals surface area contributed by atoms with Gasteiger partial charge in [0.25, 0.3) is 5.91 Å². The quantitative estimate of drug-likeness (QED) is 0.830. The van der Waals surface area contributed by atoms with Gasteiger partial charge in [0.15, 0.2) is 0 Å². The Hall–Kier alpha value is -2.37. The first-order valence-corrected chi connectivity index (χ1v) is 6.65. The van der Waals surface area contributed by atoms with Gasteiger partial charge in [0, 0.05) is 50.8 Å². The van der Waals surface area contributed by atoms with E-state index in [1.165, 1.54) is 0 Å². The second-order valence-corrected chi connectivity index (χ2v) is 4.42. The fourth-order valence-electron chi connectivity index (χ4n) is 1.87. The average molecular weight is 273 g/mol. The summed E-state index contributed by atoms with van der Waals surface area (Å²) in [6.07, 6.45) is 6.17. The third kappa shape index (κ3) is 3.57. The molecule has 0 aromatic carbocycles. The van der Waals surface area contributed by atoms with Gasteiger partial charge in [-0.3, -0.25) is 9.78 Å². The summed E-state index contributed by atoms with van der Waals surface area (Å²) in [6.45, 7) is 3.23. The molecule has 20 heavy (non-hydrogen) atoms. The maximum absolute atomic E-state index is 11.7. The largest absolute Gasteiger partial charge is 0.384 e. The van der Waals surface area contributed by atoms with E-state index >= 15 is 0 Å². The number of nitrogens with one attached hydrogen (secondary N) is 2. The molecule has 0 fully saturated rings. The molecule has 2 aromatic heterocycles. The lowest BCUT2D eigenvalue weighted by Crippen LogP contribution is -2.23. The summed E-state index contributed by atoms with van der Waals surface area (Å²) in [5.74, 6) is 0.871. The Kier molecular flexibility index (Phi) is 4.70.